The molecule has 0 amide bonds. The quantitative estimate of drug-likeness (QED) is 0.455. The molecular weight excluding hydrogens is 366 g/mol. The molecule has 0 atom stereocenters. The van der Waals surface area contributed by atoms with Gasteiger partial charge in [-0.05, 0) is 23.3 Å². The van der Waals surface area contributed by atoms with Gasteiger partial charge in [0, 0.05) is 50.7 Å². The zero-order valence-electron chi connectivity index (χ0n) is 17.1. The van der Waals surface area contributed by atoms with Gasteiger partial charge in [0.15, 0.2) is 5.96 Å². The van der Waals surface area contributed by atoms with Crippen LogP contribution in [-0.2, 0) is 19.6 Å². The number of methoxy groups -OCH3 is 2. The average molecular weight is 393 g/mol. The lowest BCUT2D eigenvalue weighted by Crippen LogP contribution is -2.36. The fraction of sp³-hybridized carbons (Fsp3) is 0.273. The molecule has 0 spiro atoms. The van der Waals surface area contributed by atoms with Crippen LogP contribution in [0.3, 0.4) is 0 Å². The summed E-state index contributed by atoms with van der Waals surface area (Å²) >= 11 is 0. The molecule has 29 heavy (non-hydrogen) atoms. The number of imidazole rings is 1. The Labute approximate surface area is 171 Å². The minimum absolute atomic E-state index is 0.594. The maximum atomic E-state index is 5.45. The van der Waals surface area contributed by atoms with Crippen molar-refractivity contribution >= 4 is 5.96 Å². The summed E-state index contributed by atoms with van der Waals surface area (Å²) in [5.74, 6) is 2.27. The highest BCUT2D eigenvalue weighted by atomic mass is 16.5. The van der Waals surface area contributed by atoms with Crippen LogP contribution in [-0.4, -0.2) is 36.8 Å². The number of nitrogens with zero attached hydrogens (tertiary/aromatic N) is 3. The Morgan fingerprint density at radius 1 is 1.00 bits per heavy atom. The second kappa shape index (κ2) is 10.2. The molecule has 0 aliphatic carbocycles. The van der Waals surface area contributed by atoms with Crippen molar-refractivity contribution < 1.29 is 9.47 Å². The number of aliphatic imine (C=N–C) groups is 1. The predicted molar refractivity (Wildman–Crippen MR) is 114 cm³/mol. The molecule has 7 heteroatoms. The number of hydrogen-bond donors (Lipinski definition) is 2. The van der Waals surface area contributed by atoms with Crippen molar-refractivity contribution in [3.63, 3.8) is 0 Å². The van der Waals surface area contributed by atoms with Gasteiger partial charge >= 0.3 is 0 Å². The van der Waals surface area contributed by atoms with Gasteiger partial charge < -0.3 is 24.7 Å². The fourth-order valence-corrected chi connectivity index (χ4v) is 2.94. The third-order valence-electron chi connectivity index (χ3n) is 4.57. The zero-order valence-corrected chi connectivity index (χ0v) is 17.1. The van der Waals surface area contributed by atoms with Gasteiger partial charge in [-0.15, -0.1) is 0 Å². The molecule has 0 aliphatic heterocycles. The Morgan fingerprint density at radius 2 is 1.76 bits per heavy atom. The van der Waals surface area contributed by atoms with Gasteiger partial charge in [0.05, 0.1) is 20.5 Å². The molecule has 0 bridgehead atoms. The largest absolute Gasteiger partial charge is 0.497 e. The van der Waals surface area contributed by atoms with Gasteiger partial charge in [0.2, 0.25) is 0 Å². The molecule has 3 aromatic rings. The minimum atomic E-state index is 0.594. The van der Waals surface area contributed by atoms with Crippen LogP contribution in [0.25, 0.3) is 0 Å². The Hall–Kier alpha value is -3.48. The summed E-state index contributed by atoms with van der Waals surface area (Å²) < 4.78 is 12.7. The van der Waals surface area contributed by atoms with E-state index < -0.39 is 0 Å². The molecule has 0 saturated carbocycles. The van der Waals surface area contributed by atoms with Crippen LogP contribution >= 0.6 is 0 Å². The first-order valence-corrected chi connectivity index (χ1v) is 9.41. The summed E-state index contributed by atoms with van der Waals surface area (Å²) in [6.45, 7) is 2.10. The minimum Gasteiger partial charge on any atom is -0.497 e. The first-order valence-electron chi connectivity index (χ1n) is 9.41. The standard InChI is InChI=1S/C22H27N5O2/c1-23-22(26-14-19-8-9-20(28-2)12-21(19)29-3)25-13-17-4-6-18(7-5-17)15-27-11-10-24-16-27/h4-12,16H,13-15H2,1-3H3,(H2,23,25,26). The maximum Gasteiger partial charge on any atom is 0.191 e. The van der Waals surface area contributed by atoms with Crippen molar-refractivity contribution in [2.24, 2.45) is 4.99 Å². The lowest BCUT2D eigenvalue weighted by Gasteiger charge is -2.14. The number of rotatable bonds is 8. The first-order chi connectivity index (χ1) is 14.2. The molecule has 0 fully saturated rings. The first kappa shape index (κ1) is 20.3. The SMILES string of the molecule is CN=C(NCc1ccc(Cn2ccnc2)cc1)NCc1ccc(OC)cc1OC. The number of hydrogen-bond acceptors (Lipinski definition) is 4. The van der Waals surface area contributed by atoms with Crippen LogP contribution < -0.4 is 20.1 Å². The number of aromatic nitrogens is 2. The van der Waals surface area contributed by atoms with Gasteiger partial charge in [-0.25, -0.2) is 4.98 Å². The van der Waals surface area contributed by atoms with Crippen molar-refractivity contribution in [1.29, 1.82) is 0 Å². The highest BCUT2D eigenvalue weighted by Gasteiger charge is 2.06. The summed E-state index contributed by atoms with van der Waals surface area (Å²) in [4.78, 5) is 8.37. The van der Waals surface area contributed by atoms with Gasteiger partial charge in [0.25, 0.3) is 0 Å². The zero-order chi connectivity index (χ0) is 20.5. The van der Waals surface area contributed by atoms with Crippen molar-refractivity contribution in [3.8, 4) is 11.5 Å². The molecule has 7 nitrogen and oxygen atoms in total. The second-order valence-electron chi connectivity index (χ2n) is 6.51. The van der Waals surface area contributed by atoms with E-state index in [1.165, 1.54) is 11.1 Å². The van der Waals surface area contributed by atoms with Crippen molar-refractivity contribution in [2.45, 2.75) is 19.6 Å². The highest BCUT2D eigenvalue weighted by Crippen LogP contribution is 2.24. The van der Waals surface area contributed by atoms with E-state index in [2.05, 4.69) is 44.9 Å². The predicted octanol–water partition coefficient (Wildman–Crippen LogP) is 2.81. The lowest BCUT2D eigenvalue weighted by atomic mass is 10.1. The Balaban J connectivity index is 1.51. The van der Waals surface area contributed by atoms with Gasteiger partial charge in [-0.2, -0.15) is 0 Å². The summed E-state index contributed by atoms with van der Waals surface area (Å²) in [6.07, 6.45) is 5.57. The summed E-state index contributed by atoms with van der Waals surface area (Å²) in [6, 6.07) is 14.3. The van der Waals surface area contributed by atoms with E-state index in [0.717, 1.165) is 29.6 Å². The fourth-order valence-electron chi connectivity index (χ4n) is 2.94. The summed E-state index contributed by atoms with van der Waals surface area (Å²) in [5, 5.41) is 6.66. The van der Waals surface area contributed by atoms with E-state index in [1.807, 2.05) is 35.3 Å². The monoisotopic (exact) mass is 393 g/mol. The molecule has 152 valence electrons. The van der Waals surface area contributed by atoms with Crippen molar-refractivity contribution in [3.05, 3.63) is 77.9 Å². The molecule has 3 rings (SSSR count). The molecule has 0 radical (unpaired) electrons. The molecule has 1 aromatic heterocycles. The highest BCUT2D eigenvalue weighted by molar-refractivity contribution is 5.79. The van der Waals surface area contributed by atoms with Crippen LogP contribution in [0, 0.1) is 0 Å². The van der Waals surface area contributed by atoms with Crippen LogP contribution in [0.2, 0.25) is 0 Å². The molecule has 1 heterocycles. The van der Waals surface area contributed by atoms with Gasteiger partial charge in [-0.3, -0.25) is 4.99 Å². The van der Waals surface area contributed by atoms with E-state index in [-0.39, 0.29) is 0 Å². The Bertz CT molecular complexity index is 921. The third-order valence-corrected chi connectivity index (χ3v) is 4.57. The molecule has 0 aliphatic rings. The molecule has 2 N–H and O–H groups in total. The molecule has 2 aromatic carbocycles. The number of guanidine groups is 1. The van der Waals surface area contributed by atoms with Crippen LogP contribution in [0.5, 0.6) is 11.5 Å². The summed E-state index contributed by atoms with van der Waals surface area (Å²) in [7, 11) is 5.05. The van der Waals surface area contributed by atoms with E-state index in [1.54, 1.807) is 27.5 Å². The van der Waals surface area contributed by atoms with E-state index in [9.17, 15) is 0 Å². The maximum absolute atomic E-state index is 5.45. The Kier molecular flexibility index (Phi) is 7.10. The molecule has 0 saturated heterocycles. The number of benzene rings is 2. The number of nitrogens with one attached hydrogen (secondary N) is 2. The van der Waals surface area contributed by atoms with Crippen LogP contribution in [0.15, 0.2) is 66.2 Å². The van der Waals surface area contributed by atoms with Gasteiger partial charge in [-0.1, -0.05) is 24.3 Å². The molecule has 0 unspecified atom stereocenters. The lowest BCUT2D eigenvalue weighted by molar-refractivity contribution is 0.390. The van der Waals surface area contributed by atoms with Crippen molar-refractivity contribution in [1.82, 2.24) is 20.2 Å². The van der Waals surface area contributed by atoms with E-state index >= 15 is 0 Å². The second-order valence-corrected chi connectivity index (χ2v) is 6.51. The topological polar surface area (TPSA) is 72.7 Å². The summed E-state index contributed by atoms with van der Waals surface area (Å²) in [5.41, 5.74) is 3.45. The normalized spacial score (nSPS) is 11.2. The number of ether oxygens (including phenoxy) is 2. The van der Waals surface area contributed by atoms with E-state index in [4.69, 9.17) is 9.47 Å². The molecular formula is C22H27N5O2. The smallest absolute Gasteiger partial charge is 0.191 e. The van der Waals surface area contributed by atoms with E-state index in [0.29, 0.717) is 13.1 Å². The van der Waals surface area contributed by atoms with Crippen LogP contribution in [0.1, 0.15) is 16.7 Å². The Morgan fingerprint density at radius 3 is 2.41 bits per heavy atom. The van der Waals surface area contributed by atoms with Crippen molar-refractivity contribution in [2.75, 3.05) is 21.3 Å². The van der Waals surface area contributed by atoms with Gasteiger partial charge in [0.1, 0.15) is 11.5 Å². The van der Waals surface area contributed by atoms with Crippen LogP contribution in [0.4, 0.5) is 0 Å². The third kappa shape index (κ3) is 5.75. The average Bonchev–Trinajstić information content (AvgIpc) is 3.28.